The van der Waals surface area contributed by atoms with Crippen molar-refractivity contribution in [3.63, 3.8) is 0 Å². The van der Waals surface area contributed by atoms with Crippen molar-refractivity contribution >= 4 is 34.0 Å². The molecule has 1 fully saturated rings. The number of nitrogens with two attached hydrogens (primary N) is 1. The van der Waals surface area contributed by atoms with Gasteiger partial charge in [-0.05, 0) is 36.5 Å². The summed E-state index contributed by atoms with van der Waals surface area (Å²) in [4.78, 5) is 0. The van der Waals surface area contributed by atoms with Crippen molar-refractivity contribution in [2.24, 2.45) is 0 Å². The van der Waals surface area contributed by atoms with E-state index >= 15 is 0 Å². The molecule has 0 atom stereocenters. The zero-order chi connectivity index (χ0) is 7.84. The molecule has 0 aliphatic heterocycles. The number of hydrogen-bond donors (Lipinski definition) is 1. The van der Waals surface area contributed by atoms with Crippen molar-refractivity contribution < 1.29 is 0 Å². The zero-order valence-corrected chi connectivity index (χ0v) is 8.99. The molecule has 0 spiro atoms. The summed E-state index contributed by atoms with van der Waals surface area (Å²) in [7, 11) is 0. The third kappa shape index (κ3) is 1.93. The van der Waals surface area contributed by atoms with Gasteiger partial charge >= 0.3 is 0 Å². The Morgan fingerprint density at radius 2 is 2.00 bits per heavy atom. The number of halogens is 2. The molecule has 0 radical (unpaired) electrons. The molecule has 2 N–H and O–H groups in total. The van der Waals surface area contributed by atoms with Gasteiger partial charge in [-0.1, -0.05) is 22.0 Å². The summed E-state index contributed by atoms with van der Waals surface area (Å²) in [5.41, 5.74) is 8.09. The van der Waals surface area contributed by atoms with Crippen molar-refractivity contribution in [1.29, 1.82) is 0 Å². The number of hydrogen-bond acceptors (Lipinski definition) is 1. The molecule has 1 saturated carbocycles. The molecule has 0 amide bonds. The Bertz CT molecular complexity index is 284. The monoisotopic (exact) mass is 247 g/mol. The maximum atomic E-state index is 5.83. The van der Waals surface area contributed by atoms with Gasteiger partial charge in [-0.3, -0.25) is 0 Å². The van der Waals surface area contributed by atoms with E-state index in [1.807, 2.05) is 6.07 Å². The maximum absolute atomic E-state index is 5.83. The van der Waals surface area contributed by atoms with Crippen LogP contribution in [0.15, 0.2) is 22.7 Å². The van der Waals surface area contributed by atoms with Gasteiger partial charge in [0.25, 0.3) is 0 Å². The first-order valence-corrected chi connectivity index (χ1v) is 4.61. The van der Waals surface area contributed by atoms with Crippen LogP contribution in [-0.2, 0) is 0 Å². The molecule has 2 rings (SSSR count). The second-order valence-electron chi connectivity index (χ2n) is 3.05. The van der Waals surface area contributed by atoms with Crippen LogP contribution in [0, 0.1) is 0 Å². The summed E-state index contributed by atoms with van der Waals surface area (Å²) in [6.45, 7) is 0. The molecule has 0 unspecified atom stereocenters. The van der Waals surface area contributed by atoms with Gasteiger partial charge in [0.05, 0.1) is 0 Å². The van der Waals surface area contributed by atoms with Crippen LogP contribution in [0.1, 0.15) is 24.3 Å². The number of rotatable bonds is 1. The number of benzene rings is 1. The molecule has 1 aliphatic rings. The van der Waals surface area contributed by atoms with E-state index in [0.717, 1.165) is 16.1 Å². The van der Waals surface area contributed by atoms with Crippen LogP contribution in [0.25, 0.3) is 0 Å². The molecule has 66 valence electrons. The SMILES string of the molecule is Cl.Nc1cc(Br)ccc1C1CC1. The van der Waals surface area contributed by atoms with Gasteiger partial charge in [0.15, 0.2) is 0 Å². The molecule has 1 nitrogen and oxygen atoms in total. The molecule has 1 aromatic carbocycles. The Hall–Kier alpha value is -0.210. The highest BCUT2D eigenvalue weighted by Crippen LogP contribution is 2.43. The lowest BCUT2D eigenvalue weighted by molar-refractivity contribution is 1.13. The van der Waals surface area contributed by atoms with Gasteiger partial charge in [-0.15, -0.1) is 12.4 Å². The van der Waals surface area contributed by atoms with Gasteiger partial charge in [-0.2, -0.15) is 0 Å². The zero-order valence-electron chi connectivity index (χ0n) is 6.59. The fraction of sp³-hybridized carbons (Fsp3) is 0.333. The quantitative estimate of drug-likeness (QED) is 0.758. The molecule has 1 aromatic rings. The van der Waals surface area contributed by atoms with Crippen molar-refractivity contribution in [3.05, 3.63) is 28.2 Å². The van der Waals surface area contributed by atoms with E-state index in [2.05, 4.69) is 28.1 Å². The standard InChI is InChI=1S/C9H10BrN.ClH/c10-7-3-4-8(6-1-2-6)9(11)5-7;/h3-6H,1-2,11H2;1H. The molecule has 12 heavy (non-hydrogen) atoms. The summed E-state index contributed by atoms with van der Waals surface area (Å²) in [5, 5.41) is 0. The lowest BCUT2D eigenvalue weighted by atomic mass is 10.1. The summed E-state index contributed by atoms with van der Waals surface area (Å²) < 4.78 is 1.07. The Kier molecular flexibility index (Phi) is 3.02. The number of anilines is 1. The molecule has 3 heteroatoms. The van der Waals surface area contributed by atoms with Crippen LogP contribution < -0.4 is 5.73 Å². The van der Waals surface area contributed by atoms with Gasteiger partial charge in [-0.25, -0.2) is 0 Å². The summed E-state index contributed by atoms with van der Waals surface area (Å²) in [5.74, 6) is 0.753. The molecule has 1 aliphatic carbocycles. The van der Waals surface area contributed by atoms with E-state index in [1.54, 1.807) is 0 Å². The first-order valence-electron chi connectivity index (χ1n) is 3.82. The summed E-state index contributed by atoms with van der Waals surface area (Å²) in [6.07, 6.45) is 2.62. The largest absolute Gasteiger partial charge is 0.398 e. The van der Waals surface area contributed by atoms with Gasteiger partial charge in [0, 0.05) is 10.2 Å². The summed E-state index contributed by atoms with van der Waals surface area (Å²) >= 11 is 3.39. The van der Waals surface area contributed by atoms with E-state index in [9.17, 15) is 0 Å². The Morgan fingerprint density at radius 1 is 1.33 bits per heavy atom. The Morgan fingerprint density at radius 3 is 2.50 bits per heavy atom. The highest BCUT2D eigenvalue weighted by Gasteiger charge is 2.25. The third-order valence-corrected chi connectivity index (χ3v) is 2.56. The molecule has 0 heterocycles. The predicted octanol–water partition coefficient (Wildman–Crippen LogP) is 3.33. The van der Waals surface area contributed by atoms with Crippen molar-refractivity contribution in [3.8, 4) is 0 Å². The molecule has 0 saturated heterocycles. The lowest BCUT2D eigenvalue weighted by Crippen LogP contribution is -1.91. The minimum absolute atomic E-state index is 0. The van der Waals surface area contributed by atoms with E-state index in [4.69, 9.17) is 5.73 Å². The Labute approximate surface area is 86.9 Å². The minimum Gasteiger partial charge on any atom is -0.398 e. The molecule has 0 aromatic heterocycles. The Balaban J connectivity index is 0.000000720. The lowest BCUT2D eigenvalue weighted by Gasteiger charge is -2.02. The van der Waals surface area contributed by atoms with Crippen molar-refractivity contribution in [2.45, 2.75) is 18.8 Å². The normalized spacial score (nSPS) is 15.4. The van der Waals surface area contributed by atoms with Gasteiger partial charge in [0.2, 0.25) is 0 Å². The van der Waals surface area contributed by atoms with Crippen LogP contribution in [0.3, 0.4) is 0 Å². The van der Waals surface area contributed by atoms with E-state index in [1.165, 1.54) is 18.4 Å². The molecule has 0 bridgehead atoms. The van der Waals surface area contributed by atoms with Crippen LogP contribution >= 0.6 is 28.3 Å². The third-order valence-electron chi connectivity index (χ3n) is 2.07. The second kappa shape index (κ2) is 3.67. The van der Waals surface area contributed by atoms with Crippen molar-refractivity contribution in [1.82, 2.24) is 0 Å². The van der Waals surface area contributed by atoms with E-state index < -0.39 is 0 Å². The maximum Gasteiger partial charge on any atom is 0.0360 e. The number of nitrogen functional groups attached to an aromatic ring is 1. The molecular weight excluding hydrogens is 237 g/mol. The minimum atomic E-state index is 0. The van der Waals surface area contributed by atoms with Gasteiger partial charge in [0.1, 0.15) is 0 Å². The average molecular weight is 249 g/mol. The first kappa shape index (κ1) is 9.87. The van der Waals surface area contributed by atoms with Crippen LogP contribution in [0.5, 0.6) is 0 Å². The second-order valence-corrected chi connectivity index (χ2v) is 3.96. The average Bonchev–Trinajstić information content (AvgIpc) is 2.70. The van der Waals surface area contributed by atoms with Crippen LogP contribution in [0.2, 0.25) is 0 Å². The van der Waals surface area contributed by atoms with Gasteiger partial charge < -0.3 is 5.73 Å². The summed E-state index contributed by atoms with van der Waals surface area (Å²) in [6, 6.07) is 6.16. The molecular formula is C9H11BrClN. The fourth-order valence-electron chi connectivity index (χ4n) is 1.31. The van der Waals surface area contributed by atoms with E-state index in [-0.39, 0.29) is 12.4 Å². The predicted molar refractivity (Wildman–Crippen MR) is 57.8 cm³/mol. The van der Waals surface area contributed by atoms with Crippen LogP contribution in [0.4, 0.5) is 5.69 Å². The topological polar surface area (TPSA) is 26.0 Å². The first-order chi connectivity index (χ1) is 5.27. The smallest absolute Gasteiger partial charge is 0.0360 e. The fourth-order valence-corrected chi connectivity index (χ4v) is 1.69. The van der Waals surface area contributed by atoms with Crippen molar-refractivity contribution in [2.75, 3.05) is 5.73 Å². The highest BCUT2D eigenvalue weighted by molar-refractivity contribution is 9.10. The van der Waals surface area contributed by atoms with Crippen LogP contribution in [-0.4, -0.2) is 0 Å². The van der Waals surface area contributed by atoms with E-state index in [0.29, 0.717) is 0 Å². The highest BCUT2D eigenvalue weighted by atomic mass is 79.9.